The third-order valence-corrected chi connectivity index (χ3v) is 4.82. The van der Waals surface area contributed by atoms with Crippen molar-refractivity contribution in [1.29, 1.82) is 0 Å². The Morgan fingerprint density at radius 1 is 1.36 bits per heavy atom. The number of ether oxygens (including phenoxy) is 1. The van der Waals surface area contributed by atoms with E-state index in [0.29, 0.717) is 19.6 Å². The van der Waals surface area contributed by atoms with Gasteiger partial charge in [-0.2, -0.15) is 0 Å². The second kappa shape index (κ2) is 6.99. The highest BCUT2D eigenvalue weighted by atomic mass is 35.5. The Labute approximate surface area is 139 Å². The topological polar surface area (TPSA) is 55.6 Å². The van der Waals surface area contributed by atoms with Gasteiger partial charge in [-0.05, 0) is 12.5 Å². The first kappa shape index (κ1) is 18.9. The van der Waals surface area contributed by atoms with E-state index < -0.39 is 5.54 Å². The van der Waals surface area contributed by atoms with Crippen LogP contribution in [0, 0.1) is 5.41 Å². The predicted octanol–water partition coefficient (Wildman–Crippen LogP) is 2.60. The minimum atomic E-state index is -0.837. The van der Waals surface area contributed by atoms with Crippen LogP contribution in [0.5, 0.6) is 0 Å². The Hall–Kier alpha value is -1.10. The van der Waals surface area contributed by atoms with Gasteiger partial charge in [-0.25, -0.2) is 0 Å². The number of nitrogens with two attached hydrogens (primary N) is 1. The monoisotopic (exact) mass is 326 g/mol. The fourth-order valence-corrected chi connectivity index (χ4v) is 3.07. The molecule has 0 spiro atoms. The first-order valence-electron chi connectivity index (χ1n) is 7.53. The maximum absolute atomic E-state index is 12.8. The van der Waals surface area contributed by atoms with Gasteiger partial charge in [0.1, 0.15) is 5.54 Å². The molecular formula is C17H27ClN2O2. The summed E-state index contributed by atoms with van der Waals surface area (Å²) in [6.45, 7) is 7.23. The third kappa shape index (κ3) is 3.14. The van der Waals surface area contributed by atoms with E-state index in [1.807, 2.05) is 58.2 Å². The van der Waals surface area contributed by atoms with E-state index in [4.69, 9.17) is 10.5 Å². The van der Waals surface area contributed by atoms with E-state index in [0.717, 1.165) is 5.56 Å². The van der Waals surface area contributed by atoms with Gasteiger partial charge in [0.25, 0.3) is 0 Å². The first-order chi connectivity index (χ1) is 9.83. The van der Waals surface area contributed by atoms with E-state index in [1.165, 1.54) is 0 Å². The lowest BCUT2D eigenvalue weighted by Crippen LogP contribution is -2.75. The van der Waals surface area contributed by atoms with Crippen molar-refractivity contribution in [2.75, 3.05) is 13.7 Å². The molecule has 1 saturated carbocycles. The second-order valence-electron chi connectivity index (χ2n) is 6.49. The van der Waals surface area contributed by atoms with Crippen molar-refractivity contribution in [3.05, 3.63) is 35.9 Å². The average molecular weight is 327 g/mol. The molecule has 22 heavy (non-hydrogen) atoms. The van der Waals surface area contributed by atoms with Gasteiger partial charge in [-0.15, -0.1) is 12.4 Å². The van der Waals surface area contributed by atoms with E-state index in [-0.39, 0.29) is 29.8 Å². The van der Waals surface area contributed by atoms with Crippen LogP contribution in [0.3, 0.4) is 0 Å². The van der Waals surface area contributed by atoms with Gasteiger partial charge in [0.05, 0.1) is 6.10 Å². The highest BCUT2D eigenvalue weighted by molar-refractivity contribution is 5.88. The highest BCUT2D eigenvalue weighted by Crippen LogP contribution is 2.50. The number of hydrogen-bond acceptors (Lipinski definition) is 3. The summed E-state index contributed by atoms with van der Waals surface area (Å²) in [6, 6.07) is 9.95. The number of carbonyl (C=O) groups is 1. The minimum Gasteiger partial charge on any atom is -0.378 e. The van der Waals surface area contributed by atoms with Crippen LogP contribution in [0.15, 0.2) is 30.3 Å². The van der Waals surface area contributed by atoms with Crippen molar-refractivity contribution < 1.29 is 9.53 Å². The Balaban J connectivity index is 0.00000242. The van der Waals surface area contributed by atoms with Gasteiger partial charge in [-0.3, -0.25) is 4.79 Å². The molecule has 0 saturated heterocycles. The standard InChI is InChI=1S/C17H26N2O2.ClH/c1-5-21-14-11-17(18,16(14,2)3)15(20)19(4)12-13-9-7-6-8-10-13;/h6-10,14H,5,11-12,18H2,1-4H3;1H. The molecule has 0 bridgehead atoms. The molecule has 1 aromatic rings. The van der Waals surface area contributed by atoms with Crippen molar-refractivity contribution >= 4 is 18.3 Å². The van der Waals surface area contributed by atoms with Crippen molar-refractivity contribution in [1.82, 2.24) is 4.90 Å². The maximum Gasteiger partial charge on any atom is 0.243 e. The van der Waals surface area contributed by atoms with Crippen molar-refractivity contribution in [2.45, 2.75) is 45.4 Å². The Morgan fingerprint density at radius 2 is 1.95 bits per heavy atom. The smallest absolute Gasteiger partial charge is 0.243 e. The van der Waals surface area contributed by atoms with Gasteiger partial charge in [0, 0.05) is 32.0 Å². The normalized spacial score (nSPS) is 25.8. The third-order valence-electron chi connectivity index (χ3n) is 4.82. The lowest BCUT2D eigenvalue weighted by molar-refractivity contribution is -0.178. The van der Waals surface area contributed by atoms with E-state index in [2.05, 4.69) is 0 Å². The molecule has 0 aromatic heterocycles. The fraction of sp³-hybridized carbons (Fsp3) is 0.588. The summed E-state index contributed by atoms with van der Waals surface area (Å²) >= 11 is 0. The molecule has 2 unspecified atom stereocenters. The minimum absolute atomic E-state index is 0. The number of benzene rings is 1. The molecule has 1 amide bonds. The molecule has 1 aliphatic rings. The summed E-state index contributed by atoms with van der Waals surface area (Å²) in [5.74, 6) is -0.00712. The van der Waals surface area contributed by atoms with E-state index >= 15 is 0 Å². The molecule has 0 aliphatic heterocycles. The number of carbonyl (C=O) groups excluding carboxylic acids is 1. The number of hydrogen-bond donors (Lipinski definition) is 1. The van der Waals surface area contributed by atoms with Crippen LogP contribution in [-0.2, 0) is 16.1 Å². The van der Waals surface area contributed by atoms with Crippen LogP contribution in [0.25, 0.3) is 0 Å². The maximum atomic E-state index is 12.8. The number of amides is 1. The first-order valence-corrected chi connectivity index (χ1v) is 7.53. The number of halogens is 1. The summed E-state index contributed by atoms with van der Waals surface area (Å²) in [6.07, 6.45) is 0.646. The molecule has 2 atom stereocenters. The van der Waals surface area contributed by atoms with Crippen LogP contribution in [0.2, 0.25) is 0 Å². The Kier molecular flexibility index (Phi) is 6.02. The number of likely N-dealkylation sites (N-methyl/N-ethyl adjacent to an activating group) is 1. The van der Waals surface area contributed by atoms with E-state index in [9.17, 15) is 4.79 Å². The molecular weight excluding hydrogens is 300 g/mol. The quantitative estimate of drug-likeness (QED) is 0.905. The van der Waals surface area contributed by atoms with Crippen molar-refractivity contribution in [3.8, 4) is 0 Å². The van der Waals surface area contributed by atoms with E-state index in [1.54, 1.807) is 4.90 Å². The predicted molar refractivity (Wildman–Crippen MR) is 90.9 cm³/mol. The molecule has 0 radical (unpaired) electrons. The summed E-state index contributed by atoms with van der Waals surface area (Å²) in [5, 5.41) is 0. The van der Waals surface area contributed by atoms with Gasteiger partial charge >= 0.3 is 0 Å². The summed E-state index contributed by atoms with van der Waals surface area (Å²) in [5.41, 5.74) is 6.36. The zero-order valence-corrected chi connectivity index (χ0v) is 14.7. The van der Waals surface area contributed by atoms with Gasteiger partial charge in [-0.1, -0.05) is 44.2 Å². The van der Waals surface area contributed by atoms with Crippen LogP contribution >= 0.6 is 12.4 Å². The molecule has 2 N–H and O–H groups in total. The molecule has 1 aliphatic carbocycles. The van der Waals surface area contributed by atoms with Crippen molar-refractivity contribution in [3.63, 3.8) is 0 Å². The molecule has 2 rings (SSSR count). The van der Waals surface area contributed by atoms with Gasteiger partial charge in [0.2, 0.25) is 5.91 Å². The summed E-state index contributed by atoms with van der Waals surface area (Å²) in [7, 11) is 1.81. The Bertz CT molecular complexity index is 507. The summed E-state index contributed by atoms with van der Waals surface area (Å²) < 4.78 is 5.69. The molecule has 1 fully saturated rings. The van der Waals surface area contributed by atoms with Crippen LogP contribution in [-0.4, -0.2) is 36.1 Å². The molecule has 5 heteroatoms. The molecule has 1 aromatic carbocycles. The molecule has 124 valence electrons. The van der Waals surface area contributed by atoms with Gasteiger partial charge in [0.15, 0.2) is 0 Å². The lowest BCUT2D eigenvalue weighted by Gasteiger charge is -2.58. The highest BCUT2D eigenvalue weighted by Gasteiger charge is 2.63. The van der Waals surface area contributed by atoms with Gasteiger partial charge < -0.3 is 15.4 Å². The lowest BCUT2D eigenvalue weighted by atomic mass is 9.54. The van der Waals surface area contributed by atoms with Crippen LogP contribution in [0.4, 0.5) is 0 Å². The zero-order valence-electron chi connectivity index (χ0n) is 13.8. The number of nitrogens with zero attached hydrogens (tertiary/aromatic N) is 1. The second-order valence-corrected chi connectivity index (χ2v) is 6.49. The zero-order chi connectivity index (χ0) is 15.7. The fourth-order valence-electron chi connectivity index (χ4n) is 3.07. The number of rotatable bonds is 5. The molecule has 0 heterocycles. The average Bonchev–Trinajstić information content (AvgIpc) is 2.47. The Morgan fingerprint density at radius 3 is 2.45 bits per heavy atom. The van der Waals surface area contributed by atoms with Crippen molar-refractivity contribution in [2.24, 2.45) is 11.1 Å². The largest absolute Gasteiger partial charge is 0.378 e. The van der Waals surface area contributed by atoms with Crippen LogP contribution in [0.1, 0.15) is 32.8 Å². The molecule has 4 nitrogen and oxygen atoms in total. The SMILES string of the molecule is CCOC1CC(N)(C(=O)N(C)Cc2ccccc2)C1(C)C.Cl. The van der Waals surface area contributed by atoms with Crippen LogP contribution < -0.4 is 5.73 Å². The summed E-state index contributed by atoms with van der Waals surface area (Å²) in [4.78, 5) is 14.5.